The Kier molecular flexibility index (Phi) is 1.81. The van der Waals surface area contributed by atoms with Gasteiger partial charge in [-0.2, -0.15) is 0 Å². The van der Waals surface area contributed by atoms with Crippen LogP contribution in [0.3, 0.4) is 0 Å². The molecule has 1 aliphatic rings. The summed E-state index contributed by atoms with van der Waals surface area (Å²) in [7, 11) is 0. The van der Waals surface area contributed by atoms with E-state index in [4.69, 9.17) is 5.73 Å². The predicted octanol–water partition coefficient (Wildman–Crippen LogP) is 0.693. The van der Waals surface area contributed by atoms with Crippen LogP contribution in [0, 0.1) is 0 Å². The van der Waals surface area contributed by atoms with Crippen molar-refractivity contribution in [2.75, 3.05) is 0 Å². The molecule has 0 fully saturated rings. The fourth-order valence-electron chi connectivity index (χ4n) is 1.88. The molecule has 1 aliphatic carbocycles. The fourth-order valence-corrected chi connectivity index (χ4v) is 1.88. The molecule has 0 spiro atoms. The normalized spacial score (nSPS) is 25.6. The molecule has 3 heteroatoms. The lowest BCUT2D eigenvalue weighted by molar-refractivity contribution is -0.119. The zero-order chi connectivity index (χ0) is 9.42. The van der Waals surface area contributed by atoms with Gasteiger partial charge in [0, 0.05) is 0 Å². The number of carbonyl (C=O) groups excluding carboxylic acids is 1. The minimum absolute atomic E-state index is 0.314. The van der Waals surface area contributed by atoms with Gasteiger partial charge in [-0.3, -0.25) is 4.79 Å². The van der Waals surface area contributed by atoms with E-state index in [2.05, 4.69) is 0 Å². The topological polar surface area (TPSA) is 63.3 Å². The zero-order valence-electron chi connectivity index (χ0n) is 7.10. The molecule has 0 saturated heterocycles. The number of aliphatic hydroxyl groups is 1. The molecule has 0 heterocycles. The van der Waals surface area contributed by atoms with Gasteiger partial charge < -0.3 is 10.8 Å². The minimum atomic E-state index is -0.534. The second kappa shape index (κ2) is 2.85. The Morgan fingerprint density at radius 2 is 2.00 bits per heavy atom. The molecule has 2 rings (SSSR count). The lowest BCUT2D eigenvalue weighted by Crippen LogP contribution is -2.19. The number of aliphatic hydroxyl groups excluding tert-OH is 1. The van der Waals surface area contributed by atoms with Crippen molar-refractivity contribution < 1.29 is 9.90 Å². The number of amides is 1. The molecule has 68 valence electrons. The first-order chi connectivity index (χ1) is 6.20. The summed E-state index contributed by atoms with van der Waals surface area (Å²) < 4.78 is 0. The lowest BCUT2D eigenvalue weighted by Gasteiger charge is -2.04. The van der Waals surface area contributed by atoms with E-state index >= 15 is 0 Å². The monoisotopic (exact) mass is 177 g/mol. The van der Waals surface area contributed by atoms with E-state index in [-0.39, 0.29) is 11.8 Å². The maximum atomic E-state index is 11.0. The van der Waals surface area contributed by atoms with Crippen molar-refractivity contribution in [3.05, 3.63) is 35.4 Å². The van der Waals surface area contributed by atoms with Crippen LogP contribution in [-0.2, 0) is 4.79 Å². The molecule has 0 aliphatic heterocycles. The average molecular weight is 177 g/mol. The Bertz CT molecular complexity index is 349. The molecule has 0 saturated carbocycles. The largest absolute Gasteiger partial charge is 0.388 e. The summed E-state index contributed by atoms with van der Waals surface area (Å²) in [5.41, 5.74) is 6.94. The van der Waals surface area contributed by atoms with E-state index in [1.165, 1.54) is 0 Å². The van der Waals surface area contributed by atoms with Gasteiger partial charge >= 0.3 is 0 Å². The van der Waals surface area contributed by atoms with Crippen molar-refractivity contribution in [1.29, 1.82) is 0 Å². The van der Waals surface area contributed by atoms with Crippen molar-refractivity contribution in [3.8, 4) is 0 Å². The highest BCUT2D eigenvalue weighted by Crippen LogP contribution is 2.39. The summed E-state index contributed by atoms with van der Waals surface area (Å²) in [6.45, 7) is 0. The summed E-state index contributed by atoms with van der Waals surface area (Å²) in [4.78, 5) is 11.0. The highest BCUT2D eigenvalue weighted by atomic mass is 16.3. The summed E-state index contributed by atoms with van der Waals surface area (Å²) in [6, 6.07) is 7.39. The SMILES string of the molecule is NC(=O)C1CC(O)c2ccccc21. The number of carbonyl (C=O) groups is 1. The molecule has 2 unspecified atom stereocenters. The van der Waals surface area contributed by atoms with E-state index in [9.17, 15) is 9.90 Å². The van der Waals surface area contributed by atoms with E-state index < -0.39 is 6.10 Å². The molecule has 1 aromatic rings. The number of fused-ring (bicyclic) bond motifs is 1. The first-order valence-corrected chi connectivity index (χ1v) is 4.26. The second-order valence-electron chi connectivity index (χ2n) is 3.34. The Hall–Kier alpha value is -1.35. The number of nitrogens with two attached hydrogens (primary N) is 1. The first kappa shape index (κ1) is 8.26. The third-order valence-corrected chi connectivity index (χ3v) is 2.53. The van der Waals surface area contributed by atoms with Gasteiger partial charge in [-0.1, -0.05) is 24.3 Å². The van der Waals surface area contributed by atoms with Crippen LogP contribution in [0.2, 0.25) is 0 Å². The standard InChI is InChI=1S/C10H11NO2/c11-10(13)8-5-9(12)7-4-2-1-3-6(7)8/h1-4,8-9,12H,5H2,(H2,11,13). The predicted molar refractivity (Wildman–Crippen MR) is 48.0 cm³/mol. The Labute approximate surface area is 76.2 Å². The van der Waals surface area contributed by atoms with Gasteiger partial charge in [-0.15, -0.1) is 0 Å². The molecule has 0 aromatic heterocycles. The van der Waals surface area contributed by atoms with E-state index in [1.54, 1.807) is 0 Å². The van der Waals surface area contributed by atoms with Crippen LogP contribution in [0.5, 0.6) is 0 Å². The zero-order valence-corrected chi connectivity index (χ0v) is 7.10. The summed E-state index contributed by atoms with van der Waals surface area (Å²) in [6.07, 6.45) is -0.108. The molecule has 0 bridgehead atoms. The second-order valence-corrected chi connectivity index (χ2v) is 3.34. The molecule has 2 atom stereocenters. The van der Waals surface area contributed by atoms with Crippen LogP contribution < -0.4 is 5.73 Å². The van der Waals surface area contributed by atoms with Crippen molar-refractivity contribution in [3.63, 3.8) is 0 Å². The van der Waals surface area contributed by atoms with Crippen LogP contribution >= 0.6 is 0 Å². The Balaban J connectivity index is 2.47. The first-order valence-electron chi connectivity index (χ1n) is 4.26. The fraction of sp³-hybridized carbons (Fsp3) is 0.300. The number of hydrogen-bond donors (Lipinski definition) is 2. The highest BCUT2D eigenvalue weighted by Gasteiger charge is 2.32. The molecule has 0 radical (unpaired) electrons. The molecule has 1 aromatic carbocycles. The van der Waals surface area contributed by atoms with Crippen molar-refractivity contribution in [1.82, 2.24) is 0 Å². The molecule has 3 N–H and O–H groups in total. The van der Waals surface area contributed by atoms with Crippen molar-refractivity contribution in [2.24, 2.45) is 5.73 Å². The smallest absolute Gasteiger partial charge is 0.225 e. The van der Waals surface area contributed by atoms with Crippen LogP contribution in [0.15, 0.2) is 24.3 Å². The van der Waals surface area contributed by atoms with Crippen LogP contribution in [0.25, 0.3) is 0 Å². The molecule has 3 nitrogen and oxygen atoms in total. The quantitative estimate of drug-likeness (QED) is 0.663. The van der Waals surface area contributed by atoms with E-state index in [1.807, 2.05) is 24.3 Å². The average Bonchev–Trinajstić information content (AvgIpc) is 2.45. The van der Waals surface area contributed by atoms with Gasteiger partial charge in [0.25, 0.3) is 0 Å². The van der Waals surface area contributed by atoms with E-state index in [0.29, 0.717) is 6.42 Å². The van der Waals surface area contributed by atoms with Crippen molar-refractivity contribution in [2.45, 2.75) is 18.4 Å². The molecular weight excluding hydrogens is 166 g/mol. The third kappa shape index (κ3) is 1.21. The number of rotatable bonds is 1. The van der Waals surface area contributed by atoms with Crippen LogP contribution in [0.1, 0.15) is 29.6 Å². The van der Waals surface area contributed by atoms with Gasteiger partial charge in [-0.25, -0.2) is 0 Å². The number of benzene rings is 1. The van der Waals surface area contributed by atoms with E-state index in [0.717, 1.165) is 11.1 Å². The van der Waals surface area contributed by atoms with Gasteiger partial charge in [-0.05, 0) is 17.5 Å². The number of primary amides is 1. The van der Waals surface area contributed by atoms with Gasteiger partial charge in [0.15, 0.2) is 0 Å². The summed E-state index contributed by atoms with van der Waals surface area (Å²) in [5.74, 6) is -0.671. The molecule has 13 heavy (non-hydrogen) atoms. The highest BCUT2D eigenvalue weighted by molar-refractivity contribution is 5.83. The number of hydrogen-bond acceptors (Lipinski definition) is 2. The van der Waals surface area contributed by atoms with Crippen LogP contribution in [-0.4, -0.2) is 11.0 Å². The van der Waals surface area contributed by atoms with Gasteiger partial charge in [0.1, 0.15) is 0 Å². The molecule has 1 amide bonds. The van der Waals surface area contributed by atoms with Gasteiger partial charge in [0.05, 0.1) is 12.0 Å². The maximum absolute atomic E-state index is 11.0. The lowest BCUT2D eigenvalue weighted by atomic mass is 10.0. The van der Waals surface area contributed by atoms with Crippen molar-refractivity contribution >= 4 is 5.91 Å². The molecular formula is C10H11NO2. The maximum Gasteiger partial charge on any atom is 0.225 e. The minimum Gasteiger partial charge on any atom is -0.388 e. The Morgan fingerprint density at radius 1 is 1.38 bits per heavy atom. The summed E-state index contributed by atoms with van der Waals surface area (Å²) in [5, 5.41) is 9.59. The summed E-state index contributed by atoms with van der Waals surface area (Å²) >= 11 is 0. The van der Waals surface area contributed by atoms with Crippen LogP contribution in [0.4, 0.5) is 0 Å². The third-order valence-electron chi connectivity index (χ3n) is 2.53. The Morgan fingerprint density at radius 3 is 2.62 bits per heavy atom. The van der Waals surface area contributed by atoms with Gasteiger partial charge in [0.2, 0.25) is 5.91 Å².